The molecule has 0 aliphatic rings. The molecular weight excluding hydrogens is 174 g/mol. The molecule has 0 fully saturated rings. The Labute approximate surface area is 89.1 Å². The highest BCUT2D eigenvalue weighted by atomic mass is 16.3. The van der Waals surface area contributed by atoms with Crippen molar-refractivity contribution >= 4 is 0 Å². The summed E-state index contributed by atoms with van der Waals surface area (Å²) < 4.78 is 0. The summed E-state index contributed by atoms with van der Waals surface area (Å²) in [6.07, 6.45) is 7.74. The maximum atomic E-state index is 9.08. The molecule has 0 saturated heterocycles. The summed E-state index contributed by atoms with van der Waals surface area (Å²) in [7, 11) is 0. The standard InChI is InChI=1S/C12H27NO/c1-4-5-6-7-8-9-11(2)13-10-12(3)14/h11-14H,4-10H2,1-3H3/t11-,12-/m1/s1. The van der Waals surface area contributed by atoms with E-state index in [1.54, 1.807) is 0 Å². The van der Waals surface area contributed by atoms with Crippen LogP contribution in [0.4, 0.5) is 0 Å². The highest BCUT2D eigenvalue weighted by Crippen LogP contribution is 2.06. The molecule has 0 spiro atoms. The Morgan fingerprint density at radius 1 is 1.07 bits per heavy atom. The van der Waals surface area contributed by atoms with E-state index in [1.807, 2.05) is 6.92 Å². The first-order valence-corrected chi connectivity index (χ1v) is 6.08. The van der Waals surface area contributed by atoms with Crippen molar-refractivity contribution in [3.63, 3.8) is 0 Å². The van der Waals surface area contributed by atoms with Crippen molar-refractivity contribution < 1.29 is 5.11 Å². The van der Waals surface area contributed by atoms with Gasteiger partial charge < -0.3 is 10.4 Å². The second-order valence-corrected chi connectivity index (χ2v) is 4.36. The fraction of sp³-hybridized carbons (Fsp3) is 1.00. The summed E-state index contributed by atoms with van der Waals surface area (Å²) in [6.45, 7) is 6.98. The van der Waals surface area contributed by atoms with E-state index < -0.39 is 0 Å². The van der Waals surface area contributed by atoms with Gasteiger partial charge in [-0.25, -0.2) is 0 Å². The Morgan fingerprint density at radius 2 is 1.71 bits per heavy atom. The van der Waals surface area contributed by atoms with Crippen LogP contribution in [0, 0.1) is 0 Å². The molecule has 0 radical (unpaired) electrons. The van der Waals surface area contributed by atoms with Crippen molar-refractivity contribution in [2.45, 2.75) is 71.4 Å². The number of aliphatic hydroxyl groups excluding tert-OH is 1. The predicted molar refractivity (Wildman–Crippen MR) is 62.5 cm³/mol. The lowest BCUT2D eigenvalue weighted by molar-refractivity contribution is 0.186. The normalized spacial score (nSPS) is 15.4. The fourth-order valence-corrected chi connectivity index (χ4v) is 1.53. The van der Waals surface area contributed by atoms with Gasteiger partial charge in [-0.2, -0.15) is 0 Å². The average molecular weight is 201 g/mol. The molecule has 2 N–H and O–H groups in total. The van der Waals surface area contributed by atoms with E-state index in [-0.39, 0.29) is 6.10 Å². The zero-order valence-electron chi connectivity index (χ0n) is 10.1. The van der Waals surface area contributed by atoms with Crippen molar-refractivity contribution in [2.24, 2.45) is 0 Å². The van der Waals surface area contributed by atoms with Crippen LogP contribution in [-0.4, -0.2) is 23.8 Å². The van der Waals surface area contributed by atoms with E-state index in [2.05, 4.69) is 19.2 Å². The van der Waals surface area contributed by atoms with Gasteiger partial charge in [0, 0.05) is 12.6 Å². The van der Waals surface area contributed by atoms with Crippen LogP contribution in [0.3, 0.4) is 0 Å². The molecule has 0 saturated carbocycles. The van der Waals surface area contributed by atoms with E-state index >= 15 is 0 Å². The highest BCUT2D eigenvalue weighted by molar-refractivity contribution is 4.62. The molecule has 2 heteroatoms. The Balaban J connectivity index is 3.14. The number of rotatable bonds is 9. The van der Waals surface area contributed by atoms with Gasteiger partial charge in [-0.1, -0.05) is 39.0 Å². The first-order chi connectivity index (χ1) is 6.66. The van der Waals surface area contributed by atoms with Gasteiger partial charge in [0.2, 0.25) is 0 Å². The van der Waals surface area contributed by atoms with Crippen molar-refractivity contribution in [2.75, 3.05) is 6.54 Å². The highest BCUT2D eigenvalue weighted by Gasteiger charge is 2.02. The van der Waals surface area contributed by atoms with Gasteiger partial charge in [-0.15, -0.1) is 0 Å². The van der Waals surface area contributed by atoms with E-state index in [4.69, 9.17) is 5.11 Å². The fourth-order valence-electron chi connectivity index (χ4n) is 1.53. The average Bonchev–Trinajstić information content (AvgIpc) is 2.14. The number of hydrogen-bond acceptors (Lipinski definition) is 2. The third kappa shape index (κ3) is 10.0. The van der Waals surface area contributed by atoms with Crippen LogP contribution in [-0.2, 0) is 0 Å². The third-order valence-electron chi connectivity index (χ3n) is 2.50. The van der Waals surface area contributed by atoms with Crippen LogP contribution in [0.2, 0.25) is 0 Å². The molecular formula is C12H27NO. The van der Waals surface area contributed by atoms with E-state index in [0.717, 1.165) is 6.54 Å². The molecule has 0 heterocycles. The first kappa shape index (κ1) is 13.9. The van der Waals surface area contributed by atoms with E-state index in [1.165, 1.54) is 38.5 Å². The molecule has 2 atom stereocenters. The lowest BCUT2D eigenvalue weighted by Crippen LogP contribution is -2.32. The lowest BCUT2D eigenvalue weighted by atomic mass is 10.1. The monoisotopic (exact) mass is 201 g/mol. The Bertz CT molecular complexity index is 115. The minimum absolute atomic E-state index is 0.224. The largest absolute Gasteiger partial charge is 0.392 e. The van der Waals surface area contributed by atoms with E-state index in [0.29, 0.717) is 6.04 Å². The molecule has 0 rings (SSSR count). The zero-order valence-corrected chi connectivity index (χ0v) is 10.1. The molecule has 0 aromatic rings. The quantitative estimate of drug-likeness (QED) is 0.562. The second-order valence-electron chi connectivity index (χ2n) is 4.36. The van der Waals surface area contributed by atoms with Gasteiger partial charge in [-0.05, 0) is 20.3 Å². The topological polar surface area (TPSA) is 32.3 Å². The molecule has 86 valence electrons. The number of unbranched alkanes of at least 4 members (excludes halogenated alkanes) is 4. The van der Waals surface area contributed by atoms with Crippen LogP contribution < -0.4 is 5.32 Å². The van der Waals surface area contributed by atoms with Crippen LogP contribution in [0.15, 0.2) is 0 Å². The SMILES string of the molecule is CCCCCCC[C@@H](C)NC[C@@H](C)O. The third-order valence-corrected chi connectivity index (χ3v) is 2.50. The smallest absolute Gasteiger partial charge is 0.0636 e. The summed E-state index contributed by atoms with van der Waals surface area (Å²) in [5.41, 5.74) is 0. The molecule has 0 aromatic carbocycles. The van der Waals surface area contributed by atoms with Gasteiger partial charge in [0.1, 0.15) is 0 Å². The van der Waals surface area contributed by atoms with Gasteiger partial charge in [0.05, 0.1) is 6.10 Å². The molecule has 0 aliphatic carbocycles. The summed E-state index contributed by atoms with van der Waals surface area (Å²) in [5.74, 6) is 0. The molecule has 0 amide bonds. The Hall–Kier alpha value is -0.0800. The minimum Gasteiger partial charge on any atom is -0.392 e. The summed E-state index contributed by atoms with van der Waals surface area (Å²) in [5, 5.41) is 12.4. The Morgan fingerprint density at radius 3 is 2.29 bits per heavy atom. The van der Waals surface area contributed by atoms with E-state index in [9.17, 15) is 0 Å². The lowest BCUT2D eigenvalue weighted by Gasteiger charge is -2.14. The van der Waals surface area contributed by atoms with Crippen molar-refractivity contribution in [1.29, 1.82) is 0 Å². The predicted octanol–water partition coefficient (Wildman–Crippen LogP) is 2.71. The van der Waals surface area contributed by atoms with Crippen LogP contribution in [0.5, 0.6) is 0 Å². The maximum absolute atomic E-state index is 9.08. The van der Waals surface area contributed by atoms with Crippen molar-refractivity contribution in [3.8, 4) is 0 Å². The molecule has 0 unspecified atom stereocenters. The summed E-state index contributed by atoms with van der Waals surface area (Å²) in [6, 6.07) is 0.547. The summed E-state index contributed by atoms with van der Waals surface area (Å²) in [4.78, 5) is 0. The van der Waals surface area contributed by atoms with Crippen LogP contribution >= 0.6 is 0 Å². The second kappa shape index (κ2) is 9.47. The molecule has 14 heavy (non-hydrogen) atoms. The number of aliphatic hydroxyl groups is 1. The van der Waals surface area contributed by atoms with Gasteiger partial charge in [0.25, 0.3) is 0 Å². The van der Waals surface area contributed by atoms with Gasteiger partial charge in [0.15, 0.2) is 0 Å². The maximum Gasteiger partial charge on any atom is 0.0636 e. The number of nitrogens with one attached hydrogen (secondary N) is 1. The van der Waals surface area contributed by atoms with Crippen LogP contribution in [0.25, 0.3) is 0 Å². The number of hydrogen-bond donors (Lipinski definition) is 2. The summed E-state index contributed by atoms with van der Waals surface area (Å²) >= 11 is 0. The molecule has 0 aromatic heterocycles. The van der Waals surface area contributed by atoms with Crippen molar-refractivity contribution in [1.82, 2.24) is 5.32 Å². The molecule has 0 aliphatic heterocycles. The van der Waals surface area contributed by atoms with Crippen molar-refractivity contribution in [3.05, 3.63) is 0 Å². The first-order valence-electron chi connectivity index (χ1n) is 6.08. The van der Waals surface area contributed by atoms with Gasteiger partial charge >= 0.3 is 0 Å². The molecule has 0 bridgehead atoms. The zero-order chi connectivity index (χ0) is 10.8. The van der Waals surface area contributed by atoms with Crippen LogP contribution in [0.1, 0.15) is 59.3 Å². The molecule has 2 nitrogen and oxygen atoms in total. The van der Waals surface area contributed by atoms with Gasteiger partial charge in [-0.3, -0.25) is 0 Å². The minimum atomic E-state index is -0.224. The Kier molecular flexibility index (Phi) is 9.42.